The van der Waals surface area contributed by atoms with Gasteiger partial charge < -0.3 is 24.5 Å². The van der Waals surface area contributed by atoms with Gasteiger partial charge in [0.15, 0.2) is 0 Å². The SMILES string of the molecule is CCNC(=O)NC[C@H]1CC[C@]2(COCCN(CC[C@H](C)c3ccc(C)o3)C2)O1. The summed E-state index contributed by atoms with van der Waals surface area (Å²) < 4.78 is 18.1. The number of rotatable bonds is 7. The fraction of sp³-hybridized carbons (Fsp3) is 0.762. The van der Waals surface area contributed by atoms with Crippen molar-refractivity contribution >= 4 is 6.03 Å². The Hall–Kier alpha value is -1.57. The molecule has 2 fully saturated rings. The van der Waals surface area contributed by atoms with Crippen LogP contribution in [0.25, 0.3) is 0 Å². The molecule has 3 heterocycles. The van der Waals surface area contributed by atoms with E-state index in [1.165, 1.54) is 0 Å². The molecule has 158 valence electrons. The number of amides is 2. The summed E-state index contributed by atoms with van der Waals surface area (Å²) in [6.07, 6.45) is 3.02. The second-order valence-electron chi connectivity index (χ2n) is 8.17. The zero-order valence-corrected chi connectivity index (χ0v) is 17.5. The van der Waals surface area contributed by atoms with Gasteiger partial charge >= 0.3 is 6.03 Å². The van der Waals surface area contributed by atoms with Crippen molar-refractivity contribution in [1.29, 1.82) is 0 Å². The van der Waals surface area contributed by atoms with Crippen molar-refractivity contribution in [3.63, 3.8) is 0 Å². The van der Waals surface area contributed by atoms with Crippen LogP contribution in [-0.2, 0) is 9.47 Å². The van der Waals surface area contributed by atoms with Crippen molar-refractivity contribution in [2.24, 2.45) is 0 Å². The van der Waals surface area contributed by atoms with Crippen LogP contribution in [0.1, 0.15) is 50.5 Å². The number of urea groups is 1. The molecule has 0 saturated carbocycles. The lowest BCUT2D eigenvalue weighted by atomic mass is 9.99. The summed E-state index contributed by atoms with van der Waals surface area (Å²) in [5, 5.41) is 5.65. The first-order chi connectivity index (χ1) is 13.5. The number of carbonyl (C=O) groups excluding carboxylic acids is 1. The van der Waals surface area contributed by atoms with E-state index in [4.69, 9.17) is 13.9 Å². The first kappa shape index (κ1) is 21.1. The van der Waals surface area contributed by atoms with Crippen LogP contribution in [-0.4, -0.2) is 68.6 Å². The second kappa shape index (κ2) is 9.76. The fourth-order valence-corrected chi connectivity index (χ4v) is 4.10. The maximum absolute atomic E-state index is 11.6. The van der Waals surface area contributed by atoms with Crippen LogP contribution in [0.3, 0.4) is 0 Å². The Balaban J connectivity index is 1.48. The van der Waals surface area contributed by atoms with Gasteiger partial charge in [-0.15, -0.1) is 0 Å². The summed E-state index contributed by atoms with van der Waals surface area (Å²) in [5.74, 6) is 2.43. The highest BCUT2D eigenvalue weighted by Gasteiger charge is 2.43. The molecule has 2 aliphatic heterocycles. The summed E-state index contributed by atoms with van der Waals surface area (Å²) >= 11 is 0. The largest absolute Gasteiger partial charge is 0.466 e. The van der Waals surface area contributed by atoms with E-state index < -0.39 is 0 Å². The van der Waals surface area contributed by atoms with Crippen LogP contribution >= 0.6 is 0 Å². The molecule has 0 unspecified atom stereocenters. The summed E-state index contributed by atoms with van der Waals surface area (Å²) in [4.78, 5) is 14.1. The zero-order chi connectivity index (χ0) is 20.0. The highest BCUT2D eigenvalue weighted by atomic mass is 16.6. The Bertz CT molecular complexity index is 635. The highest BCUT2D eigenvalue weighted by molar-refractivity contribution is 5.73. The number of nitrogens with one attached hydrogen (secondary N) is 2. The number of nitrogens with zero attached hydrogens (tertiary/aromatic N) is 1. The fourth-order valence-electron chi connectivity index (χ4n) is 4.10. The van der Waals surface area contributed by atoms with E-state index in [1.807, 2.05) is 19.9 Å². The number of carbonyl (C=O) groups is 1. The molecule has 28 heavy (non-hydrogen) atoms. The van der Waals surface area contributed by atoms with Gasteiger partial charge in [0.05, 0.1) is 19.3 Å². The Kier molecular flexibility index (Phi) is 7.37. The Morgan fingerprint density at radius 3 is 3.00 bits per heavy atom. The maximum atomic E-state index is 11.6. The summed E-state index contributed by atoms with van der Waals surface area (Å²) in [6, 6.07) is 3.98. The third kappa shape index (κ3) is 5.72. The third-order valence-corrected chi connectivity index (χ3v) is 5.72. The molecule has 2 saturated heterocycles. The molecule has 1 spiro atoms. The maximum Gasteiger partial charge on any atom is 0.314 e. The Morgan fingerprint density at radius 1 is 1.39 bits per heavy atom. The molecule has 7 heteroatoms. The van der Waals surface area contributed by atoms with Crippen LogP contribution in [0.15, 0.2) is 16.5 Å². The minimum atomic E-state index is -0.255. The third-order valence-electron chi connectivity index (χ3n) is 5.72. The van der Waals surface area contributed by atoms with E-state index in [9.17, 15) is 4.79 Å². The minimum Gasteiger partial charge on any atom is -0.466 e. The van der Waals surface area contributed by atoms with Crippen molar-refractivity contribution in [2.75, 3.05) is 45.9 Å². The van der Waals surface area contributed by atoms with E-state index in [0.717, 1.165) is 57.0 Å². The van der Waals surface area contributed by atoms with Gasteiger partial charge in [-0.3, -0.25) is 4.90 Å². The standard InChI is InChI=1S/C21H35N3O4/c1-4-22-20(25)23-13-18-7-9-21(28-18)14-24(11-12-26-15-21)10-8-16(2)19-6-5-17(3)27-19/h5-6,16,18H,4,7-15H2,1-3H3,(H2,22,23,25)/t16-,18+,21-/m0/s1. The van der Waals surface area contributed by atoms with Crippen molar-refractivity contribution in [2.45, 2.75) is 57.7 Å². The van der Waals surface area contributed by atoms with Crippen LogP contribution < -0.4 is 10.6 Å². The highest BCUT2D eigenvalue weighted by Crippen LogP contribution is 2.33. The van der Waals surface area contributed by atoms with Gasteiger partial charge in [-0.05, 0) is 51.8 Å². The second-order valence-corrected chi connectivity index (χ2v) is 8.17. The van der Waals surface area contributed by atoms with E-state index >= 15 is 0 Å². The van der Waals surface area contributed by atoms with Crippen molar-refractivity contribution in [1.82, 2.24) is 15.5 Å². The summed E-state index contributed by atoms with van der Waals surface area (Å²) in [5.41, 5.74) is -0.255. The van der Waals surface area contributed by atoms with Gasteiger partial charge in [0, 0.05) is 32.1 Å². The summed E-state index contributed by atoms with van der Waals surface area (Å²) in [7, 11) is 0. The molecule has 2 aliphatic rings. The van der Waals surface area contributed by atoms with Crippen molar-refractivity contribution in [3.05, 3.63) is 23.7 Å². The lowest BCUT2D eigenvalue weighted by Gasteiger charge is -2.32. The van der Waals surface area contributed by atoms with Gasteiger partial charge in [-0.1, -0.05) is 6.92 Å². The normalized spacial score (nSPS) is 26.9. The van der Waals surface area contributed by atoms with Gasteiger partial charge in [0.2, 0.25) is 0 Å². The molecule has 7 nitrogen and oxygen atoms in total. The quantitative estimate of drug-likeness (QED) is 0.745. The number of hydrogen-bond donors (Lipinski definition) is 2. The van der Waals surface area contributed by atoms with Gasteiger partial charge in [-0.2, -0.15) is 0 Å². The van der Waals surface area contributed by atoms with Crippen LogP contribution in [0.5, 0.6) is 0 Å². The molecule has 0 radical (unpaired) electrons. The molecule has 2 N–H and O–H groups in total. The number of aryl methyl sites for hydroxylation is 1. The molecular weight excluding hydrogens is 358 g/mol. The molecular formula is C21H35N3O4. The smallest absolute Gasteiger partial charge is 0.314 e. The topological polar surface area (TPSA) is 76.0 Å². The van der Waals surface area contributed by atoms with E-state index in [1.54, 1.807) is 0 Å². The van der Waals surface area contributed by atoms with E-state index in [0.29, 0.717) is 25.6 Å². The predicted octanol–water partition coefficient (Wildman–Crippen LogP) is 2.65. The minimum absolute atomic E-state index is 0.0520. The first-order valence-electron chi connectivity index (χ1n) is 10.6. The van der Waals surface area contributed by atoms with Crippen molar-refractivity contribution in [3.8, 4) is 0 Å². The molecule has 1 aromatic heterocycles. The van der Waals surface area contributed by atoms with Crippen LogP contribution in [0.4, 0.5) is 4.79 Å². The molecule has 0 aromatic carbocycles. The van der Waals surface area contributed by atoms with Crippen LogP contribution in [0, 0.1) is 6.92 Å². The lowest BCUT2D eigenvalue weighted by molar-refractivity contribution is -0.0843. The average Bonchev–Trinajstić information content (AvgIpc) is 3.22. The van der Waals surface area contributed by atoms with E-state index in [-0.39, 0.29) is 17.7 Å². The van der Waals surface area contributed by atoms with E-state index in [2.05, 4.69) is 28.5 Å². The predicted molar refractivity (Wildman–Crippen MR) is 108 cm³/mol. The Labute approximate surface area is 168 Å². The monoisotopic (exact) mass is 393 g/mol. The first-order valence-corrected chi connectivity index (χ1v) is 10.6. The number of hydrogen-bond acceptors (Lipinski definition) is 5. The average molecular weight is 394 g/mol. The van der Waals surface area contributed by atoms with Crippen molar-refractivity contribution < 1.29 is 18.7 Å². The Morgan fingerprint density at radius 2 is 2.25 bits per heavy atom. The van der Waals surface area contributed by atoms with Crippen LogP contribution in [0.2, 0.25) is 0 Å². The number of furan rings is 1. The lowest BCUT2D eigenvalue weighted by Crippen LogP contribution is -2.46. The summed E-state index contributed by atoms with van der Waals surface area (Å²) in [6.45, 7) is 11.5. The molecule has 3 rings (SSSR count). The molecule has 2 amide bonds. The molecule has 0 aliphatic carbocycles. The number of ether oxygens (including phenoxy) is 2. The molecule has 3 atom stereocenters. The van der Waals surface area contributed by atoms with Gasteiger partial charge in [0.1, 0.15) is 17.1 Å². The van der Waals surface area contributed by atoms with Gasteiger partial charge in [-0.25, -0.2) is 4.79 Å². The zero-order valence-electron chi connectivity index (χ0n) is 17.5. The molecule has 0 bridgehead atoms. The van der Waals surface area contributed by atoms with Gasteiger partial charge in [0.25, 0.3) is 0 Å². The molecule has 1 aromatic rings.